The topological polar surface area (TPSA) is 75.6 Å². The fourth-order valence-corrected chi connectivity index (χ4v) is 3.22. The third-order valence-electron chi connectivity index (χ3n) is 2.91. The molecule has 0 unspecified atom stereocenters. The highest BCUT2D eigenvalue weighted by molar-refractivity contribution is 8.69. The van der Waals surface area contributed by atoms with E-state index in [0.717, 1.165) is 36.3 Å². The van der Waals surface area contributed by atoms with Crippen molar-refractivity contribution in [3.63, 3.8) is 0 Å². The molecule has 0 atom stereocenters. The molecule has 0 spiro atoms. The molecule has 0 radical (unpaired) electrons. The fraction of sp³-hybridized carbons (Fsp3) is 0.571. The molecule has 0 amide bonds. The Morgan fingerprint density at radius 3 is 2.48 bits per heavy atom. The zero-order valence-corrected chi connectivity index (χ0v) is 14.1. The number of rotatable bonds is 10. The maximum absolute atomic E-state index is 10.5. The Hall–Kier alpha value is -0.760. The van der Waals surface area contributed by atoms with Crippen LogP contribution in [0.3, 0.4) is 0 Å². The third kappa shape index (κ3) is 8.31. The van der Waals surface area contributed by atoms with E-state index in [0.29, 0.717) is 29.7 Å². The number of aryl methyl sites for hydroxylation is 2. The van der Waals surface area contributed by atoms with Crippen LogP contribution in [0.15, 0.2) is 18.2 Å². The highest BCUT2D eigenvalue weighted by atomic mass is 33.1. The smallest absolute Gasteiger partial charge is 0.319 e. The Labute approximate surface area is 130 Å². The molecule has 0 fully saturated rings. The van der Waals surface area contributed by atoms with Crippen molar-refractivity contribution < 1.29 is 17.7 Å². The first-order chi connectivity index (χ1) is 9.90. The van der Waals surface area contributed by atoms with Crippen LogP contribution in [0, 0.1) is 13.8 Å². The van der Waals surface area contributed by atoms with Crippen LogP contribution in [0.5, 0.6) is 5.75 Å². The number of benzene rings is 1. The summed E-state index contributed by atoms with van der Waals surface area (Å²) in [6.45, 7) is 6.12. The molecule has 21 heavy (non-hydrogen) atoms. The molecular formula is C14H23NO4S2. The summed E-state index contributed by atoms with van der Waals surface area (Å²) in [5.74, 6) is 1.31. The summed E-state index contributed by atoms with van der Waals surface area (Å²) >= 11 is 0. The number of nitrogens with one attached hydrogen (secondary N) is 1. The molecule has 120 valence electrons. The molecular weight excluding hydrogens is 310 g/mol. The van der Waals surface area contributed by atoms with Crippen LogP contribution in [-0.4, -0.2) is 38.4 Å². The first-order valence-electron chi connectivity index (χ1n) is 6.92. The summed E-state index contributed by atoms with van der Waals surface area (Å²) < 4.78 is 35.3. The second kappa shape index (κ2) is 9.30. The lowest BCUT2D eigenvalue weighted by Gasteiger charge is -2.11. The van der Waals surface area contributed by atoms with Crippen molar-refractivity contribution in [2.75, 3.05) is 25.4 Å². The van der Waals surface area contributed by atoms with E-state index in [2.05, 4.69) is 5.32 Å². The third-order valence-corrected chi connectivity index (χ3v) is 4.98. The van der Waals surface area contributed by atoms with E-state index >= 15 is 0 Å². The molecule has 0 saturated heterocycles. The molecule has 7 heteroatoms. The van der Waals surface area contributed by atoms with Gasteiger partial charge in [0, 0.05) is 12.3 Å². The summed E-state index contributed by atoms with van der Waals surface area (Å²) in [4.78, 5) is 0. The predicted molar refractivity (Wildman–Crippen MR) is 87.5 cm³/mol. The van der Waals surface area contributed by atoms with Gasteiger partial charge >= 0.3 is 9.15 Å². The van der Waals surface area contributed by atoms with Gasteiger partial charge in [-0.25, -0.2) is 0 Å². The number of hydrogen-bond donors (Lipinski definition) is 2. The van der Waals surface area contributed by atoms with Gasteiger partial charge < -0.3 is 10.1 Å². The van der Waals surface area contributed by atoms with Crippen LogP contribution < -0.4 is 10.1 Å². The van der Waals surface area contributed by atoms with Gasteiger partial charge in [0.25, 0.3) is 0 Å². The maximum atomic E-state index is 10.5. The van der Waals surface area contributed by atoms with E-state index in [4.69, 9.17) is 9.29 Å². The zero-order valence-electron chi connectivity index (χ0n) is 12.5. The molecule has 1 aromatic carbocycles. The largest absolute Gasteiger partial charge is 0.493 e. The second-order valence-electron chi connectivity index (χ2n) is 4.78. The van der Waals surface area contributed by atoms with E-state index in [1.807, 2.05) is 32.0 Å². The molecule has 1 rings (SSSR count). The van der Waals surface area contributed by atoms with Gasteiger partial charge in [-0.3, -0.25) is 4.55 Å². The molecule has 0 aliphatic rings. The molecule has 2 N–H and O–H groups in total. The molecule has 1 aromatic rings. The second-order valence-corrected chi connectivity index (χ2v) is 8.25. The quantitative estimate of drug-likeness (QED) is 0.389. The SMILES string of the molecule is Cc1cccc(C)c1OCCCCNCCSS(=O)(=O)O. The normalized spacial score (nSPS) is 11.6. The summed E-state index contributed by atoms with van der Waals surface area (Å²) in [5, 5.41) is 3.13. The van der Waals surface area contributed by atoms with Gasteiger partial charge in [0.2, 0.25) is 0 Å². The predicted octanol–water partition coefficient (Wildman–Crippen LogP) is 2.59. The molecule has 0 aliphatic heterocycles. The Morgan fingerprint density at radius 1 is 1.19 bits per heavy atom. The van der Waals surface area contributed by atoms with Crippen molar-refractivity contribution in [2.24, 2.45) is 0 Å². The lowest BCUT2D eigenvalue weighted by atomic mass is 10.1. The summed E-state index contributed by atoms with van der Waals surface area (Å²) in [6.07, 6.45) is 1.90. The molecule has 0 bridgehead atoms. The molecule has 0 saturated carbocycles. The first-order valence-corrected chi connectivity index (χ1v) is 9.86. The average Bonchev–Trinajstić information content (AvgIpc) is 2.38. The average molecular weight is 333 g/mol. The van der Waals surface area contributed by atoms with E-state index < -0.39 is 9.15 Å². The molecule has 0 heterocycles. The van der Waals surface area contributed by atoms with Crippen LogP contribution in [0.1, 0.15) is 24.0 Å². The number of para-hydroxylation sites is 1. The lowest BCUT2D eigenvalue weighted by Crippen LogP contribution is -2.19. The van der Waals surface area contributed by atoms with Gasteiger partial charge in [-0.05, 0) is 55.2 Å². The van der Waals surface area contributed by atoms with Crippen LogP contribution in [-0.2, 0) is 9.15 Å². The Kier molecular flexibility index (Phi) is 8.10. The van der Waals surface area contributed by atoms with Gasteiger partial charge in [-0.1, -0.05) is 18.2 Å². The number of hydrogen-bond acceptors (Lipinski definition) is 5. The highest BCUT2D eigenvalue weighted by Gasteiger charge is 2.04. The van der Waals surface area contributed by atoms with Gasteiger partial charge in [0.15, 0.2) is 0 Å². The van der Waals surface area contributed by atoms with Crippen LogP contribution in [0.2, 0.25) is 0 Å². The van der Waals surface area contributed by atoms with Gasteiger partial charge in [-0.2, -0.15) is 8.42 Å². The van der Waals surface area contributed by atoms with Crippen LogP contribution in [0.4, 0.5) is 0 Å². The zero-order chi connectivity index (χ0) is 15.7. The van der Waals surface area contributed by atoms with E-state index in [9.17, 15) is 8.42 Å². The Balaban J connectivity index is 2.05. The first kappa shape index (κ1) is 18.3. The minimum absolute atomic E-state index is 0.345. The minimum Gasteiger partial charge on any atom is -0.493 e. The van der Waals surface area contributed by atoms with E-state index in [-0.39, 0.29) is 0 Å². The molecule has 0 aliphatic carbocycles. The van der Waals surface area contributed by atoms with Gasteiger partial charge in [-0.15, -0.1) is 0 Å². The summed E-state index contributed by atoms with van der Waals surface area (Å²) in [7, 11) is -3.36. The van der Waals surface area contributed by atoms with Crippen LogP contribution >= 0.6 is 10.8 Å². The number of ether oxygens (including phenoxy) is 1. The number of unbranched alkanes of at least 4 members (excludes halogenated alkanes) is 1. The van der Waals surface area contributed by atoms with Gasteiger partial charge in [0.05, 0.1) is 6.61 Å². The Bertz CT molecular complexity index is 512. The van der Waals surface area contributed by atoms with Crippen molar-refractivity contribution in [3.05, 3.63) is 29.3 Å². The van der Waals surface area contributed by atoms with E-state index in [1.165, 1.54) is 0 Å². The molecule has 5 nitrogen and oxygen atoms in total. The van der Waals surface area contributed by atoms with Crippen molar-refractivity contribution in [2.45, 2.75) is 26.7 Å². The monoisotopic (exact) mass is 333 g/mol. The van der Waals surface area contributed by atoms with E-state index in [1.54, 1.807) is 0 Å². The standard InChI is InChI=1S/C14H23NO4S2/c1-12-6-5-7-13(2)14(12)19-10-4-3-8-15-9-11-20-21(16,17)18/h5-7,15H,3-4,8-11H2,1-2H3,(H,16,17,18). The van der Waals surface area contributed by atoms with Crippen LogP contribution in [0.25, 0.3) is 0 Å². The molecule has 0 aromatic heterocycles. The lowest BCUT2D eigenvalue weighted by molar-refractivity contribution is 0.302. The van der Waals surface area contributed by atoms with Crippen molar-refractivity contribution >= 4 is 19.9 Å². The van der Waals surface area contributed by atoms with Crippen molar-refractivity contribution in [1.82, 2.24) is 5.32 Å². The minimum atomic E-state index is -3.91. The van der Waals surface area contributed by atoms with Crippen molar-refractivity contribution in [3.8, 4) is 5.75 Å². The maximum Gasteiger partial charge on any atom is 0.319 e. The summed E-state index contributed by atoms with van der Waals surface area (Å²) in [6, 6.07) is 6.10. The fourth-order valence-electron chi connectivity index (χ4n) is 1.90. The highest BCUT2D eigenvalue weighted by Crippen LogP contribution is 2.22. The van der Waals surface area contributed by atoms with Gasteiger partial charge in [0.1, 0.15) is 5.75 Å². The van der Waals surface area contributed by atoms with Crippen molar-refractivity contribution in [1.29, 1.82) is 0 Å². The summed E-state index contributed by atoms with van der Waals surface area (Å²) in [5.41, 5.74) is 2.30. The Morgan fingerprint density at radius 2 is 1.86 bits per heavy atom.